The Balaban J connectivity index is 1.84. The summed E-state index contributed by atoms with van der Waals surface area (Å²) in [6.45, 7) is -0.182. The predicted molar refractivity (Wildman–Crippen MR) is 84.7 cm³/mol. The van der Waals surface area contributed by atoms with Gasteiger partial charge in [-0.15, -0.1) is 0 Å². The minimum absolute atomic E-state index is 0.00761. The summed E-state index contributed by atoms with van der Waals surface area (Å²) in [6, 6.07) is 14.2. The van der Waals surface area contributed by atoms with Crippen molar-refractivity contribution in [2.75, 3.05) is 6.54 Å². The molecule has 0 radical (unpaired) electrons. The fourth-order valence-electron chi connectivity index (χ4n) is 2.72. The molecule has 0 heterocycles. The minimum Gasteiger partial charge on any atom is -0.383 e. The summed E-state index contributed by atoms with van der Waals surface area (Å²) < 4.78 is 40.7. The van der Waals surface area contributed by atoms with Crippen LogP contribution in [0, 0.1) is 11.7 Å². The highest BCUT2D eigenvalue weighted by Gasteiger charge is 2.45. The molecule has 0 bridgehead atoms. The number of nitrogens with one attached hydrogen (secondary N) is 1. The largest absolute Gasteiger partial charge is 0.383 e. The van der Waals surface area contributed by atoms with Crippen molar-refractivity contribution < 1.29 is 17.9 Å². The molecule has 0 aromatic heterocycles. The lowest BCUT2D eigenvalue weighted by Crippen LogP contribution is -2.42. The van der Waals surface area contributed by atoms with Gasteiger partial charge < -0.3 is 5.11 Å². The van der Waals surface area contributed by atoms with E-state index in [0.717, 1.165) is 18.9 Å². The molecular formula is C17H18FNO3S. The van der Waals surface area contributed by atoms with Crippen molar-refractivity contribution in [1.82, 2.24) is 4.72 Å². The maximum Gasteiger partial charge on any atom is 0.243 e. The van der Waals surface area contributed by atoms with Gasteiger partial charge in [-0.05, 0) is 36.5 Å². The molecule has 0 amide bonds. The van der Waals surface area contributed by atoms with Gasteiger partial charge in [0.25, 0.3) is 0 Å². The van der Waals surface area contributed by atoms with Crippen molar-refractivity contribution in [3.05, 3.63) is 66.0 Å². The first kappa shape index (κ1) is 16.1. The van der Waals surface area contributed by atoms with E-state index in [1.807, 2.05) is 6.07 Å². The Morgan fingerprint density at radius 3 is 2.30 bits per heavy atom. The van der Waals surface area contributed by atoms with Gasteiger partial charge in [0.15, 0.2) is 0 Å². The first-order chi connectivity index (χ1) is 10.9. The van der Waals surface area contributed by atoms with Gasteiger partial charge in [-0.25, -0.2) is 17.5 Å². The predicted octanol–water partition coefficient (Wildman–Crippen LogP) is 2.40. The van der Waals surface area contributed by atoms with E-state index in [1.165, 1.54) is 18.2 Å². The van der Waals surface area contributed by atoms with E-state index in [1.54, 1.807) is 24.3 Å². The van der Waals surface area contributed by atoms with Crippen LogP contribution in [-0.4, -0.2) is 20.1 Å². The molecule has 2 N–H and O–H groups in total. The molecule has 1 aliphatic carbocycles. The first-order valence-corrected chi connectivity index (χ1v) is 8.94. The van der Waals surface area contributed by atoms with E-state index in [9.17, 15) is 17.9 Å². The van der Waals surface area contributed by atoms with Crippen LogP contribution in [0.2, 0.25) is 0 Å². The summed E-state index contributed by atoms with van der Waals surface area (Å²) in [5, 5.41) is 11.0. The van der Waals surface area contributed by atoms with Crippen LogP contribution < -0.4 is 4.72 Å². The lowest BCUT2D eigenvalue weighted by Gasteiger charge is -2.29. The lowest BCUT2D eigenvalue weighted by atomic mass is 9.89. The number of aliphatic hydroxyl groups is 1. The minimum atomic E-state index is -4.02. The fraction of sp³-hybridized carbons (Fsp3) is 0.294. The summed E-state index contributed by atoms with van der Waals surface area (Å²) in [6.07, 6.45) is 1.68. The first-order valence-electron chi connectivity index (χ1n) is 7.45. The Labute approximate surface area is 135 Å². The number of hydrogen-bond acceptors (Lipinski definition) is 3. The van der Waals surface area contributed by atoms with E-state index >= 15 is 0 Å². The number of benzene rings is 2. The van der Waals surface area contributed by atoms with E-state index in [2.05, 4.69) is 4.72 Å². The quantitative estimate of drug-likeness (QED) is 0.852. The van der Waals surface area contributed by atoms with Crippen molar-refractivity contribution in [3.8, 4) is 0 Å². The van der Waals surface area contributed by atoms with Gasteiger partial charge in [0.2, 0.25) is 10.0 Å². The van der Waals surface area contributed by atoms with Gasteiger partial charge >= 0.3 is 0 Å². The van der Waals surface area contributed by atoms with Crippen LogP contribution in [-0.2, 0) is 15.6 Å². The zero-order valence-corrected chi connectivity index (χ0v) is 13.3. The highest BCUT2D eigenvalue weighted by Crippen LogP contribution is 2.45. The average Bonchev–Trinajstić information content (AvgIpc) is 3.39. The normalized spacial score (nSPS) is 17.7. The molecule has 0 saturated heterocycles. The third-order valence-corrected chi connectivity index (χ3v) is 5.62. The molecular weight excluding hydrogens is 317 g/mol. The van der Waals surface area contributed by atoms with E-state index in [-0.39, 0.29) is 12.5 Å². The highest BCUT2D eigenvalue weighted by molar-refractivity contribution is 7.89. The van der Waals surface area contributed by atoms with Crippen molar-refractivity contribution in [1.29, 1.82) is 0 Å². The molecule has 0 aliphatic heterocycles. The number of halogens is 1. The molecule has 1 unspecified atom stereocenters. The van der Waals surface area contributed by atoms with Crippen molar-refractivity contribution in [2.24, 2.45) is 5.92 Å². The smallest absolute Gasteiger partial charge is 0.243 e. The van der Waals surface area contributed by atoms with Gasteiger partial charge in [-0.1, -0.05) is 42.5 Å². The van der Waals surface area contributed by atoms with Crippen LogP contribution >= 0.6 is 0 Å². The number of hydrogen-bond donors (Lipinski definition) is 2. The number of rotatable bonds is 6. The molecule has 2 aromatic rings. The van der Waals surface area contributed by atoms with E-state index in [0.29, 0.717) is 5.56 Å². The topological polar surface area (TPSA) is 66.4 Å². The molecule has 1 saturated carbocycles. The summed E-state index contributed by atoms with van der Waals surface area (Å²) in [7, 11) is -4.02. The van der Waals surface area contributed by atoms with Crippen LogP contribution in [0.15, 0.2) is 59.5 Å². The maximum absolute atomic E-state index is 13.7. The molecule has 6 heteroatoms. The van der Waals surface area contributed by atoms with Crippen LogP contribution in [0.3, 0.4) is 0 Å². The zero-order valence-electron chi connectivity index (χ0n) is 12.4. The SMILES string of the molecule is O=S(=O)(NCC(O)(c1ccccc1)C1CC1)c1ccccc1F. The second-order valence-corrected chi connectivity index (χ2v) is 7.55. The second-order valence-electron chi connectivity index (χ2n) is 5.82. The van der Waals surface area contributed by atoms with Gasteiger partial charge in [0.1, 0.15) is 16.3 Å². The average molecular weight is 335 g/mol. The maximum atomic E-state index is 13.7. The van der Waals surface area contributed by atoms with Gasteiger partial charge in [0.05, 0.1) is 0 Å². The number of sulfonamides is 1. The van der Waals surface area contributed by atoms with Crippen LogP contribution in [0.4, 0.5) is 4.39 Å². The summed E-state index contributed by atoms with van der Waals surface area (Å²) in [5.74, 6) is -0.803. The van der Waals surface area contributed by atoms with Gasteiger partial charge in [-0.3, -0.25) is 0 Å². The third kappa shape index (κ3) is 3.29. The zero-order chi connectivity index (χ0) is 16.5. The monoisotopic (exact) mass is 335 g/mol. The molecule has 1 atom stereocenters. The Kier molecular flexibility index (Phi) is 4.23. The van der Waals surface area contributed by atoms with Crippen LogP contribution in [0.5, 0.6) is 0 Å². The Hall–Kier alpha value is -1.76. The van der Waals surface area contributed by atoms with Crippen molar-refractivity contribution >= 4 is 10.0 Å². The lowest BCUT2D eigenvalue weighted by molar-refractivity contribution is 0.0185. The van der Waals surface area contributed by atoms with Crippen LogP contribution in [0.25, 0.3) is 0 Å². The Morgan fingerprint density at radius 2 is 1.70 bits per heavy atom. The molecule has 122 valence electrons. The summed E-state index contributed by atoms with van der Waals surface area (Å²) >= 11 is 0. The van der Waals surface area contributed by atoms with Crippen LogP contribution in [0.1, 0.15) is 18.4 Å². The molecule has 23 heavy (non-hydrogen) atoms. The fourth-order valence-corrected chi connectivity index (χ4v) is 3.86. The molecule has 1 fully saturated rings. The highest BCUT2D eigenvalue weighted by atomic mass is 32.2. The van der Waals surface area contributed by atoms with Gasteiger partial charge in [-0.2, -0.15) is 0 Å². The Morgan fingerprint density at radius 1 is 1.09 bits per heavy atom. The summed E-state index contributed by atoms with van der Waals surface area (Å²) in [5.41, 5.74) is -0.613. The van der Waals surface area contributed by atoms with Crippen molar-refractivity contribution in [3.63, 3.8) is 0 Å². The molecule has 2 aromatic carbocycles. The molecule has 0 spiro atoms. The second kappa shape index (κ2) is 6.03. The standard InChI is InChI=1S/C17H18FNO3S/c18-15-8-4-5-9-16(15)23(21,22)19-12-17(20,14-10-11-14)13-6-2-1-3-7-13/h1-9,14,19-20H,10-12H2. The molecule has 1 aliphatic rings. The third-order valence-electron chi connectivity index (χ3n) is 4.18. The molecule has 4 nitrogen and oxygen atoms in total. The van der Waals surface area contributed by atoms with Gasteiger partial charge in [0, 0.05) is 6.54 Å². The Bertz CT molecular complexity index is 790. The van der Waals surface area contributed by atoms with E-state index < -0.39 is 26.3 Å². The van der Waals surface area contributed by atoms with Crippen molar-refractivity contribution in [2.45, 2.75) is 23.3 Å². The molecule has 3 rings (SSSR count). The van der Waals surface area contributed by atoms with E-state index in [4.69, 9.17) is 0 Å². The summed E-state index contributed by atoms with van der Waals surface area (Å²) in [4.78, 5) is -0.411.